The Kier molecular flexibility index (Phi) is 6.01. The minimum Gasteiger partial charge on any atom is -0.394 e. The Labute approximate surface area is 182 Å². The zero-order valence-electron chi connectivity index (χ0n) is 16.4. The number of hydrogen-bond donors (Lipinski definition) is 2. The Hall–Kier alpha value is -3.63. The first-order valence-corrected chi connectivity index (χ1v) is 10.3. The van der Waals surface area contributed by atoms with Gasteiger partial charge in [0.2, 0.25) is 0 Å². The molecule has 0 aliphatic heterocycles. The van der Waals surface area contributed by atoms with Crippen LogP contribution in [0.1, 0.15) is 17.5 Å². The molecule has 4 aromatic rings. The summed E-state index contributed by atoms with van der Waals surface area (Å²) in [6.45, 7) is 0.192. The summed E-state index contributed by atoms with van der Waals surface area (Å²) < 4.78 is 3.37. The minimum absolute atomic E-state index is 0.282. The maximum absolute atomic E-state index is 9.55. The molecule has 31 heavy (non-hydrogen) atoms. The third-order valence-electron chi connectivity index (χ3n) is 4.79. The second kappa shape index (κ2) is 9.02. The monoisotopic (exact) mass is 430 g/mol. The summed E-state index contributed by atoms with van der Waals surface area (Å²) in [6.07, 6.45) is 6.56. The first-order chi connectivity index (χ1) is 15.1. The molecular formula is C22H18N6O2S. The fourth-order valence-corrected chi connectivity index (χ4v) is 4.27. The molecule has 8 nitrogen and oxygen atoms in total. The number of rotatable bonds is 7. The molecule has 0 amide bonds. The Morgan fingerprint density at radius 3 is 2.58 bits per heavy atom. The molecule has 0 aliphatic rings. The lowest BCUT2D eigenvalue weighted by molar-refractivity contribution is 0.0838. The van der Waals surface area contributed by atoms with Crippen molar-refractivity contribution in [2.75, 3.05) is 6.61 Å². The van der Waals surface area contributed by atoms with Gasteiger partial charge >= 0.3 is 0 Å². The van der Waals surface area contributed by atoms with E-state index in [0.717, 1.165) is 20.9 Å². The molecular weight excluding hydrogens is 412 g/mol. The van der Waals surface area contributed by atoms with E-state index in [-0.39, 0.29) is 6.61 Å². The largest absolute Gasteiger partial charge is 0.394 e. The van der Waals surface area contributed by atoms with Crippen molar-refractivity contribution in [3.8, 4) is 23.3 Å². The maximum Gasteiger partial charge on any atom is 0.103 e. The fraction of sp³-hybridized carbons (Fsp3) is 0.182. The number of pyridine rings is 1. The molecule has 0 saturated carbocycles. The summed E-state index contributed by atoms with van der Waals surface area (Å²) in [5.41, 5.74) is 3.40. The van der Waals surface area contributed by atoms with Crippen LogP contribution in [0.3, 0.4) is 0 Å². The van der Waals surface area contributed by atoms with E-state index >= 15 is 0 Å². The van der Waals surface area contributed by atoms with Gasteiger partial charge in [-0.15, -0.1) is 0 Å². The van der Waals surface area contributed by atoms with Crippen LogP contribution in [-0.4, -0.2) is 42.3 Å². The maximum atomic E-state index is 9.55. The molecule has 0 fully saturated rings. The molecule has 0 saturated heterocycles. The lowest BCUT2D eigenvalue weighted by Crippen LogP contribution is -2.15. The lowest BCUT2D eigenvalue weighted by Gasteiger charge is -2.09. The smallest absolute Gasteiger partial charge is 0.103 e. The van der Waals surface area contributed by atoms with E-state index in [1.807, 2.05) is 36.7 Å². The molecule has 0 radical (unpaired) electrons. The average molecular weight is 430 g/mol. The van der Waals surface area contributed by atoms with Gasteiger partial charge in [-0.05, 0) is 24.6 Å². The van der Waals surface area contributed by atoms with Crippen LogP contribution in [-0.2, 0) is 6.54 Å². The number of aryl methyl sites for hydroxylation is 1. The van der Waals surface area contributed by atoms with Crippen molar-refractivity contribution in [2.45, 2.75) is 28.9 Å². The molecule has 0 aliphatic carbocycles. The first kappa shape index (κ1) is 20.6. The van der Waals surface area contributed by atoms with Crippen molar-refractivity contribution in [1.29, 1.82) is 10.5 Å². The van der Waals surface area contributed by atoms with Gasteiger partial charge in [-0.1, -0.05) is 23.9 Å². The van der Waals surface area contributed by atoms with E-state index < -0.39 is 6.10 Å². The van der Waals surface area contributed by atoms with Crippen LogP contribution >= 0.6 is 11.8 Å². The zero-order valence-corrected chi connectivity index (χ0v) is 17.2. The van der Waals surface area contributed by atoms with Gasteiger partial charge < -0.3 is 10.2 Å². The van der Waals surface area contributed by atoms with Crippen LogP contribution < -0.4 is 0 Å². The molecule has 1 aromatic carbocycles. The fourth-order valence-electron chi connectivity index (χ4n) is 3.18. The Morgan fingerprint density at radius 2 is 1.81 bits per heavy atom. The number of aliphatic hydroxyl groups is 2. The summed E-state index contributed by atoms with van der Waals surface area (Å²) in [4.78, 5) is 1.60. The Balaban J connectivity index is 1.74. The second-order valence-electron chi connectivity index (χ2n) is 6.88. The van der Waals surface area contributed by atoms with Crippen molar-refractivity contribution in [2.24, 2.45) is 0 Å². The highest BCUT2D eigenvalue weighted by Crippen LogP contribution is 2.36. The lowest BCUT2D eigenvalue weighted by atomic mass is 10.1. The third-order valence-corrected chi connectivity index (χ3v) is 5.90. The first-order valence-electron chi connectivity index (χ1n) is 9.53. The van der Waals surface area contributed by atoms with Gasteiger partial charge in [0, 0.05) is 39.9 Å². The molecule has 1 atom stereocenters. The Bertz CT molecular complexity index is 1310. The SMILES string of the molecule is N#Cc1ccccc1Sc1cc(-c2cnn(CC[C@@H](O)CO)c2)cn2ncc(C#N)c12. The van der Waals surface area contributed by atoms with Crippen LogP contribution in [0.5, 0.6) is 0 Å². The van der Waals surface area contributed by atoms with Crippen molar-refractivity contribution in [3.63, 3.8) is 0 Å². The van der Waals surface area contributed by atoms with E-state index in [9.17, 15) is 15.6 Å². The van der Waals surface area contributed by atoms with Crippen LogP contribution in [0.2, 0.25) is 0 Å². The van der Waals surface area contributed by atoms with Crippen molar-refractivity contribution >= 4 is 17.3 Å². The molecule has 0 unspecified atom stereocenters. The number of aliphatic hydroxyl groups excluding tert-OH is 2. The molecule has 3 aromatic heterocycles. The van der Waals surface area contributed by atoms with Gasteiger partial charge in [0.1, 0.15) is 12.1 Å². The topological polar surface area (TPSA) is 123 Å². The third kappa shape index (κ3) is 4.30. The predicted octanol–water partition coefficient (Wildman–Crippen LogP) is 2.84. The standard InChI is InChI=1S/C22H18N6O2S/c23-8-15-3-1-2-4-20(15)31-21-7-16(13-28-22(21)17(9-24)10-26-28)18-11-25-27(12-18)6-5-19(30)14-29/h1-4,7,10-13,19,29-30H,5-6,14H2/t19-/m1/s1. The number of nitriles is 2. The highest BCUT2D eigenvalue weighted by atomic mass is 32.2. The number of fused-ring (bicyclic) bond motifs is 1. The van der Waals surface area contributed by atoms with Gasteiger partial charge in [0.05, 0.1) is 41.7 Å². The van der Waals surface area contributed by atoms with Crippen LogP contribution in [0, 0.1) is 22.7 Å². The van der Waals surface area contributed by atoms with Gasteiger partial charge in [-0.25, -0.2) is 4.52 Å². The summed E-state index contributed by atoms with van der Waals surface area (Å²) in [7, 11) is 0. The average Bonchev–Trinajstić information content (AvgIpc) is 3.44. The van der Waals surface area contributed by atoms with Crippen molar-refractivity contribution < 1.29 is 10.2 Å². The molecule has 4 rings (SSSR count). The molecule has 2 N–H and O–H groups in total. The molecule has 9 heteroatoms. The second-order valence-corrected chi connectivity index (χ2v) is 7.97. The van der Waals surface area contributed by atoms with E-state index in [2.05, 4.69) is 22.3 Å². The molecule has 0 spiro atoms. The summed E-state index contributed by atoms with van der Waals surface area (Å²) >= 11 is 1.41. The summed E-state index contributed by atoms with van der Waals surface area (Å²) in [5.74, 6) is 0. The van der Waals surface area contributed by atoms with Crippen molar-refractivity contribution in [3.05, 3.63) is 66.2 Å². The van der Waals surface area contributed by atoms with E-state index in [4.69, 9.17) is 5.11 Å². The van der Waals surface area contributed by atoms with Gasteiger partial charge in [-0.2, -0.15) is 20.7 Å². The van der Waals surface area contributed by atoms with Crippen LogP contribution in [0.4, 0.5) is 0 Å². The minimum atomic E-state index is -0.777. The number of nitrogens with zero attached hydrogens (tertiary/aromatic N) is 6. The Morgan fingerprint density at radius 1 is 1.00 bits per heavy atom. The molecule has 154 valence electrons. The number of aromatic nitrogens is 4. The number of hydrogen-bond acceptors (Lipinski definition) is 7. The number of benzene rings is 1. The van der Waals surface area contributed by atoms with Gasteiger partial charge in [0.15, 0.2) is 0 Å². The van der Waals surface area contributed by atoms with Crippen LogP contribution in [0.15, 0.2) is 64.9 Å². The molecule has 0 bridgehead atoms. The predicted molar refractivity (Wildman–Crippen MR) is 114 cm³/mol. The summed E-state index contributed by atoms with van der Waals surface area (Å²) in [5, 5.41) is 46.1. The van der Waals surface area contributed by atoms with Crippen molar-refractivity contribution in [1.82, 2.24) is 19.4 Å². The van der Waals surface area contributed by atoms with E-state index in [0.29, 0.717) is 29.6 Å². The summed E-state index contributed by atoms with van der Waals surface area (Å²) in [6, 6.07) is 13.7. The van der Waals surface area contributed by atoms with Gasteiger partial charge in [-0.3, -0.25) is 4.68 Å². The quantitative estimate of drug-likeness (QED) is 0.462. The van der Waals surface area contributed by atoms with Crippen LogP contribution in [0.25, 0.3) is 16.6 Å². The van der Waals surface area contributed by atoms with Gasteiger partial charge in [0.25, 0.3) is 0 Å². The van der Waals surface area contributed by atoms with E-state index in [1.54, 1.807) is 21.5 Å². The zero-order chi connectivity index (χ0) is 21.8. The highest BCUT2D eigenvalue weighted by molar-refractivity contribution is 7.99. The normalized spacial score (nSPS) is 11.9. The highest BCUT2D eigenvalue weighted by Gasteiger charge is 2.15. The molecule has 3 heterocycles. The van der Waals surface area contributed by atoms with E-state index in [1.165, 1.54) is 18.0 Å².